The second-order valence-electron chi connectivity index (χ2n) is 7.09. The largest absolute Gasteiger partial charge is 0.294 e. The molecule has 0 N–H and O–H groups in total. The van der Waals surface area contributed by atoms with E-state index in [2.05, 4.69) is 54.0 Å². The molecule has 0 bridgehead atoms. The quantitative estimate of drug-likeness (QED) is 0.283. The number of hydrogen-bond donors (Lipinski definition) is 0. The van der Waals surface area contributed by atoms with E-state index in [0.29, 0.717) is 0 Å². The van der Waals surface area contributed by atoms with E-state index in [0.717, 1.165) is 38.8 Å². The van der Waals surface area contributed by atoms with Crippen molar-refractivity contribution in [3.63, 3.8) is 0 Å². The van der Waals surface area contributed by atoms with Crippen LogP contribution in [0, 0.1) is 17.0 Å². The number of nitrogens with zero attached hydrogens (tertiary/aromatic N) is 3. The van der Waals surface area contributed by atoms with Crippen LogP contribution in [0.1, 0.15) is 5.56 Å². The third-order valence-corrected chi connectivity index (χ3v) is 5.22. The van der Waals surface area contributed by atoms with Gasteiger partial charge >= 0.3 is 0 Å². The maximum atomic E-state index is 11.0. The van der Waals surface area contributed by atoms with Crippen molar-refractivity contribution in [2.45, 2.75) is 6.92 Å². The van der Waals surface area contributed by atoms with Gasteiger partial charge in [0, 0.05) is 34.8 Å². The van der Waals surface area contributed by atoms with Crippen molar-refractivity contribution in [1.29, 1.82) is 0 Å². The molecule has 2 aromatic heterocycles. The second-order valence-corrected chi connectivity index (χ2v) is 7.09. The third kappa shape index (κ3) is 2.84. The van der Waals surface area contributed by atoms with E-state index in [1.807, 2.05) is 18.3 Å². The maximum absolute atomic E-state index is 11.0. The predicted octanol–water partition coefficient (Wildman–Crippen LogP) is 6.06. The van der Waals surface area contributed by atoms with Crippen molar-refractivity contribution in [3.8, 4) is 16.9 Å². The van der Waals surface area contributed by atoms with E-state index in [-0.39, 0.29) is 10.6 Å². The van der Waals surface area contributed by atoms with Crippen molar-refractivity contribution >= 4 is 27.5 Å². The van der Waals surface area contributed by atoms with Crippen LogP contribution in [0.4, 0.5) is 5.69 Å². The number of aromatic nitrogens is 2. The Balaban J connectivity index is 1.83. The average Bonchev–Trinajstić information content (AvgIpc) is 3.14. The number of benzene rings is 3. The fraction of sp³-hybridized carbons (Fsp3) is 0.0417. The van der Waals surface area contributed by atoms with Crippen molar-refractivity contribution < 1.29 is 4.92 Å². The number of non-ortho nitro benzene ring substituents is 1. The van der Waals surface area contributed by atoms with E-state index in [4.69, 9.17) is 4.98 Å². The summed E-state index contributed by atoms with van der Waals surface area (Å²) in [6.45, 7) is 2.06. The number of rotatable bonds is 3. The van der Waals surface area contributed by atoms with Gasteiger partial charge in [-0.05, 0) is 48.2 Å². The van der Waals surface area contributed by atoms with Gasteiger partial charge in [-0.2, -0.15) is 0 Å². The minimum absolute atomic E-state index is 0.0790. The average molecular weight is 379 g/mol. The van der Waals surface area contributed by atoms with Gasteiger partial charge in [-0.25, -0.2) is 4.98 Å². The molecule has 0 aliphatic rings. The molecule has 0 aliphatic carbocycles. The molecule has 0 atom stereocenters. The van der Waals surface area contributed by atoms with Gasteiger partial charge in [-0.3, -0.25) is 14.7 Å². The Kier molecular flexibility index (Phi) is 3.88. The molecule has 0 amide bonds. The molecule has 0 saturated heterocycles. The highest BCUT2D eigenvalue weighted by molar-refractivity contribution is 6.07. The topological polar surface area (TPSA) is 61.0 Å². The van der Waals surface area contributed by atoms with Gasteiger partial charge < -0.3 is 0 Å². The van der Waals surface area contributed by atoms with E-state index in [1.165, 1.54) is 17.7 Å². The lowest BCUT2D eigenvalue weighted by Crippen LogP contribution is -1.98. The lowest BCUT2D eigenvalue weighted by molar-refractivity contribution is -0.384. The van der Waals surface area contributed by atoms with Crippen LogP contribution in [-0.2, 0) is 0 Å². The van der Waals surface area contributed by atoms with Crippen molar-refractivity contribution in [2.24, 2.45) is 0 Å². The van der Waals surface area contributed by atoms with Crippen LogP contribution in [0.25, 0.3) is 38.8 Å². The number of nitro benzene ring substituents is 1. The van der Waals surface area contributed by atoms with Gasteiger partial charge in [0.05, 0.1) is 10.6 Å². The van der Waals surface area contributed by atoms with Gasteiger partial charge in [0.25, 0.3) is 5.69 Å². The number of aryl methyl sites for hydroxylation is 1. The summed E-state index contributed by atoms with van der Waals surface area (Å²) in [6.07, 6.45) is 1.89. The molecule has 0 unspecified atom stereocenters. The molecule has 5 nitrogen and oxygen atoms in total. The Morgan fingerprint density at radius 3 is 2.34 bits per heavy atom. The van der Waals surface area contributed by atoms with Gasteiger partial charge in [0.1, 0.15) is 5.65 Å². The fourth-order valence-electron chi connectivity index (χ4n) is 3.73. The molecular formula is C24H17N3O2. The SMILES string of the molecule is Cc1ccc(-n2c(-c3ccc([N+](=O)[O-])cc3)cc3c4ccccc4cnc32)cc1. The predicted molar refractivity (Wildman–Crippen MR) is 115 cm³/mol. The number of hydrogen-bond acceptors (Lipinski definition) is 3. The molecule has 5 heteroatoms. The Labute approximate surface area is 167 Å². The lowest BCUT2D eigenvalue weighted by Gasteiger charge is -2.11. The van der Waals surface area contributed by atoms with Gasteiger partial charge in [0.15, 0.2) is 0 Å². The Morgan fingerprint density at radius 1 is 0.897 bits per heavy atom. The highest BCUT2D eigenvalue weighted by Crippen LogP contribution is 2.34. The highest BCUT2D eigenvalue weighted by Gasteiger charge is 2.16. The van der Waals surface area contributed by atoms with Gasteiger partial charge in [0.2, 0.25) is 0 Å². The summed E-state index contributed by atoms with van der Waals surface area (Å²) < 4.78 is 2.11. The summed E-state index contributed by atoms with van der Waals surface area (Å²) in [5, 5.41) is 14.3. The van der Waals surface area contributed by atoms with E-state index in [9.17, 15) is 10.1 Å². The van der Waals surface area contributed by atoms with Gasteiger partial charge in [-0.1, -0.05) is 42.0 Å². The zero-order chi connectivity index (χ0) is 20.0. The summed E-state index contributed by atoms with van der Waals surface area (Å²) in [6, 6.07) is 25.2. The smallest absolute Gasteiger partial charge is 0.269 e. The van der Waals surface area contributed by atoms with Crippen LogP contribution in [0.15, 0.2) is 85.1 Å². The first kappa shape index (κ1) is 17.1. The van der Waals surface area contributed by atoms with Crippen LogP contribution in [0.5, 0.6) is 0 Å². The first-order valence-electron chi connectivity index (χ1n) is 9.33. The summed E-state index contributed by atoms with van der Waals surface area (Å²) in [5.74, 6) is 0. The lowest BCUT2D eigenvalue weighted by atomic mass is 10.1. The zero-order valence-corrected chi connectivity index (χ0v) is 15.7. The summed E-state index contributed by atoms with van der Waals surface area (Å²) in [5.41, 5.74) is 4.97. The number of nitro groups is 1. The van der Waals surface area contributed by atoms with Crippen LogP contribution in [0.2, 0.25) is 0 Å². The Hall–Kier alpha value is -3.99. The molecule has 0 spiro atoms. The minimum atomic E-state index is -0.381. The minimum Gasteiger partial charge on any atom is -0.294 e. The summed E-state index contributed by atoms with van der Waals surface area (Å²) in [7, 11) is 0. The zero-order valence-electron chi connectivity index (χ0n) is 15.7. The molecule has 5 rings (SSSR count). The monoisotopic (exact) mass is 379 g/mol. The molecule has 5 aromatic rings. The molecular weight excluding hydrogens is 362 g/mol. The van der Waals surface area contributed by atoms with Crippen LogP contribution < -0.4 is 0 Å². The Bertz CT molecular complexity index is 1370. The Morgan fingerprint density at radius 2 is 1.62 bits per heavy atom. The molecule has 29 heavy (non-hydrogen) atoms. The van der Waals surface area contributed by atoms with Gasteiger partial charge in [-0.15, -0.1) is 0 Å². The van der Waals surface area contributed by atoms with E-state index < -0.39 is 0 Å². The molecule has 0 fully saturated rings. The second kappa shape index (κ2) is 6.56. The third-order valence-electron chi connectivity index (χ3n) is 5.22. The van der Waals surface area contributed by atoms with Crippen molar-refractivity contribution in [3.05, 3.63) is 101 Å². The standard InChI is InChI=1S/C24H17N3O2/c1-16-6-10-19(11-7-16)26-23(17-8-12-20(13-9-17)27(28)29)14-22-21-5-3-2-4-18(21)15-25-24(22)26/h2-15H,1H3. The van der Waals surface area contributed by atoms with E-state index >= 15 is 0 Å². The first-order valence-corrected chi connectivity index (χ1v) is 9.33. The molecule has 140 valence electrons. The number of pyridine rings is 1. The summed E-state index contributed by atoms with van der Waals surface area (Å²) in [4.78, 5) is 15.4. The molecule has 0 aliphatic heterocycles. The maximum Gasteiger partial charge on any atom is 0.269 e. The van der Waals surface area contributed by atoms with Crippen molar-refractivity contribution in [1.82, 2.24) is 9.55 Å². The highest BCUT2D eigenvalue weighted by atomic mass is 16.6. The van der Waals surface area contributed by atoms with Crippen LogP contribution >= 0.6 is 0 Å². The molecule has 3 aromatic carbocycles. The normalized spacial score (nSPS) is 11.2. The first-order chi connectivity index (χ1) is 14.1. The summed E-state index contributed by atoms with van der Waals surface area (Å²) >= 11 is 0. The van der Waals surface area contributed by atoms with E-state index in [1.54, 1.807) is 12.1 Å². The molecule has 2 heterocycles. The molecule has 0 radical (unpaired) electrons. The number of fused-ring (bicyclic) bond motifs is 3. The molecule has 0 saturated carbocycles. The van der Waals surface area contributed by atoms with Crippen LogP contribution in [0.3, 0.4) is 0 Å². The fourth-order valence-corrected chi connectivity index (χ4v) is 3.73. The van der Waals surface area contributed by atoms with Crippen LogP contribution in [-0.4, -0.2) is 14.5 Å². The van der Waals surface area contributed by atoms with Crippen molar-refractivity contribution in [2.75, 3.05) is 0 Å².